The van der Waals surface area contributed by atoms with E-state index in [9.17, 15) is 9.59 Å². The molecule has 0 amide bonds. The second kappa shape index (κ2) is 4.58. The Bertz CT molecular complexity index is 235. The minimum Gasteiger partial charge on any atom is -0.462 e. The van der Waals surface area contributed by atoms with Crippen molar-refractivity contribution in [1.82, 2.24) is 0 Å². The fourth-order valence-electron chi connectivity index (χ4n) is 2.13. The Balaban J connectivity index is 2.47. The Hall–Kier alpha value is -0.860. The maximum absolute atomic E-state index is 11.2. The van der Waals surface area contributed by atoms with E-state index in [-0.39, 0.29) is 23.8 Å². The van der Waals surface area contributed by atoms with Crippen molar-refractivity contribution in [2.45, 2.75) is 46.1 Å². The van der Waals surface area contributed by atoms with Crippen LogP contribution in [0.1, 0.15) is 40.0 Å². The first-order chi connectivity index (χ1) is 6.50. The Morgan fingerprint density at radius 2 is 1.86 bits per heavy atom. The Morgan fingerprint density at radius 1 is 1.21 bits per heavy atom. The van der Waals surface area contributed by atoms with Crippen LogP contribution in [0.5, 0.6) is 0 Å². The first-order valence-corrected chi connectivity index (χ1v) is 5.18. The van der Waals surface area contributed by atoms with Gasteiger partial charge >= 0.3 is 5.97 Å². The van der Waals surface area contributed by atoms with E-state index in [1.54, 1.807) is 6.92 Å². The molecule has 0 aliphatic heterocycles. The number of ether oxygens (including phenoxy) is 1. The monoisotopic (exact) mass is 198 g/mol. The molecule has 1 fully saturated rings. The zero-order chi connectivity index (χ0) is 10.7. The van der Waals surface area contributed by atoms with Gasteiger partial charge in [-0.15, -0.1) is 0 Å². The largest absolute Gasteiger partial charge is 0.462 e. The maximum atomic E-state index is 11.2. The van der Waals surface area contributed by atoms with E-state index in [0.29, 0.717) is 5.92 Å². The summed E-state index contributed by atoms with van der Waals surface area (Å²) in [5, 5.41) is 0. The molecule has 0 bridgehead atoms. The second-order valence-corrected chi connectivity index (χ2v) is 4.25. The highest BCUT2D eigenvalue weighted by molar-refractivity contribution is 5.78. The summed E-state index contributed by atoms with van der Waals surface area (Å²) in [6.45, 7) is 5.12. The molecule has 80 valence electrons. The van der Waals surface area contributed by atoms with Crippen LogP contribution < -0.4 is 0 Å². The van der Waals surface area contributed by atoms with Crippen molar-refractivity contribution in [1.29, 1.82) is 0 Å². The number of esters is 1. The summed E-state index contributed by atoms with van der Waals surface area (Å²) < 4.78 is 5.18. The number of carbonyl (C=O) groups excluding carboxylic acids is 2. The average molecular weight is 198 g/mol. The fourth-order valence-corrected chi connectivity index (χ4v) is 2.13. The lowest BCUT2D eigenvalue weighted by atomic mass is 9.79. The normalized spacial score (nSPS) is 32.4. The Kier molecular flexibility index (Phi) is 3.67. The molecular formula is C11H18O3. The Labute approximate surface area is 84.8 Å². The minimum absolute atomic E-state index is 0.0168. The van der Waals surface area contributed by atoms with Crippen molar-refractivity contribution in [3.05, 3.63) is 0 Å². The van der Waals surface area contributed by atoms with Crippen LogP contribution in [0.15, 0.2) is 0 Å². The molecule has 0 aromatic heterocycles. The summed E-state index contributed by atoms with van der Waals surface area (Å²) >= 11 is 0. The van der Waals surface area contributed by atoms with Crippen LogP contribution >= 0.6 is 0 Å². The topological polar surface area (TPSA) is 43.4 Å². The van der Waals surface area contributed by atoms with Crippen molar-refractivity contribution in [3.8, 4) is 0 Å². The highest BCUT2D eigenvalue weighted by Crippen LogP contribution is 2.31. The number of rotatable bonds is 2. The number of ketones is 1. The lowest BCUT2D eigenvalue weighted by Crippen LogP contribution is -2.33. The summed E-state index contributed by atoms with van der Waals surface area (Å²) in [5.41, 5.74) is 0. The first kappa shape index (κ1) is 11.2. The summed E-state index contributed by atoms with van der Waals surface area (Å²) in [5.74, 6) is 0.527. The molecule has 3 heteroatoms. The van der Waals surface area contributed by atoms with E-state index in [2.05, 4.69) is 0 Å². The smallest absolute Gasteiger partial charge is 0.302 e. The van der Waals surface area contributed by atoms with Gasteiger partial charge in [0.05, 0.1) is 0 Å². The van der Waals surface area contributed by atoms with Gasteiger partial charge in [0.25, 0.3) is 0 Å². The zero-order valence-electron chi connectivity index (χ0n) is 9.08. The standard InChI is InChI=1S/C11H18O3/c1-7-6-10(8(2)12)4-5-11(7)14-9(3)13/h7,10-11H,4-6H2,1-3H3/t7-,10?,11-/m1/s1. The van der Waals surface area contributed by atoms with Crippen LogP contribution in [0.25, 0.3) is 0 Å². The molecule has 1 unspecified atom stereocenters. The van der Waals surface area contributed by atoms with E-state index in [1.807, 2.05) is 6.92 Å². The molecule has 3 atom stereocenters. The predicted molar refractivity (Wildman–Crippen MR) is 52.7 cm³/mol. The van der Waals surface area contributed by atoms with Gasteiger partial charge in [-0.1, -0.05) is 6.92 Å². The van der Waals surface area contributed by atoms with E-state index < -0.39 is 0 Å². The lowest BCUT2D eigenvalue weighted by molar-refractivity contribution is -0.151. The predicted octanol–water partition coefficient (Wildman–Crippen LogP) is 1.94. The van der Waals surface area contributed by atoms with Crippen LogP contribution in [-0.2, 0) is 14.3 Å². The molecule has 3 nitrogen and oxygen atoms in total. The molecule has 0 heterocycles. The van der Waals surface area contributed by atoms with Gasteiger partial charge in [0, 0.05) is 12.8 Å². The highest BCUT2D eigenvalue weighted by atomic mass is 16.5. The van der Waals surface area contributed by atoms with Crippen LogP contribution in [0, 0.1) is 11.8 Å². The van der Waals surface area contributed by atoms with Gasteiger partial charge < -0.3 is 4.74 Å². The number of carbonyl (C=O) groups is 2. The van der Waals surface area contributed by atoms with Crippen molar-refractivity contribution in [2.75, 3.05) is 0 Å². The van der Waals surface area contributed by atoms with Gasteiger partial charge in [0.15, 0.2) is 0 Å². The molecule has 0 radical (unpaired) electrons. The summed E-state index contributed by atoms with van der Waals surface area (Å²) in [7, 11) is 0. The second-order valence-electron chi connectivity index (χ2n) is 4.25. The van der Waals surface area contributed by atoms with Gasteiger partial charge in [0.2, 0.25) is 0 Å². The van der Waals surface area contributed by atoms with Crippen molar-refractivity contribution in [2.24, 2.45) is 11.8 Å². The highest BCUT2D eigenvalue weighted by Gasteiger charge is 2.31. The van der Waals surface area contributed by atoms with Crippen molar-refractivity contribution < 1.29 is 14.3 Å². The number of hydrogen-bond donors (Lipinski definition) is 0. The van der Waals surface area contributed by atoms with Gasteiger partial charge in [0.1, 0.15) is 11.9 Å². The quantitative estimate of drug-likeness (QED) is 0.637. The van der Waals surface area contributed by atoms with Gasteiger partial charge in [-0.3, -0.25) is 9.59 Å². The van der Waals surface area contributed by atoms with E-state index >= 15 is 0 Å². The molecule has 14 heavy (non-hydrogen) atoms. The summed E-state index contributed by atoms with van der Waals surface area (Å²) in [6, 6.07) is 0. The van der Waals surface area contributed by atoms with Crippen LogP contribution in [0.3, 0.4) is 0 Å². The summed E-state index contributed by atoms with van der Waals surface area (Å²) in [4.78, 5) is 21.9. The van der Waals surface area contributed by atoms with Gasteiger partial charge in [-0.2, -0.15) is 0 Å². The van der Waals surface area contributed by atoms with Crippen molar-refractivity contribution in [3.63, 3.8) is 0 Å². The zero-order valence-corrected chi connectivity index (χ0v) is 9.08. The molecule has 1 rings (SSSR count). The van der Waals surface area contributed by atoms with E-state index in [4.69, 9.17) is 4.74 Å². The number of hydrogen-bond acceptors (Lipinski definition) is 3. The summed E-state index contributed by atoms with van der Waals surface area (Å²) in [6.07, 6.45) is 2.55. The molecule has 0 saturated heterocycles. The van der Waals surface area contributed by atoms with Gasteiger partial charge in [-0.25, -0.2) is 0 Å². The van der Waals surface area contributed by atoms with E-state index in [1.165, 1.54) is 6.92 Å². The Morgan fingerprint density at radius 3 is 2.29 bits per heavy atom. The molecule has 1 aliphatic rings. The van der Waals surface area contributed by atoms with Crippen LogP contribution in [0.2, 0.25) is 0 Å². The molecule has 0 aromatic carbocycles. The molecule has 1 saturated carbocycles. The molecule has 0 aromatic rings. The number of Topliss-reactive ketones (excluding diaryl/α,β-unsaturated/α-hetero) is 1. The van der Waals surface area contributed by atoms with Gasteiger partial charge in [-0.05, 0) is 32.1 Å². The van der Waals surface area contributed by atoms with Crippen molar-refractivity contribution >= 4 is 11.8 Å². The van der Waals surface area contributed by atoms with Crippen LogP contribution in [0.4, 0.5) is 0 Å². The minimum atomic E-state index is -0.219. The lowest BCUT2D eigenvalue weighted by Gasteiger charge is -2.32. The first-order valence-electron chi connectivity index (χ1n) is 5.18. The molecule has 1 aliphatic carbocycles. The maximum Gasteiger partial charge on any atom is 0.302 e. The van der Waals surface area contributed by atoms with E-state index in [0.717, 1.165) is 19.3 Å². The molecular weight excluding hydrogens is 180 g/mol. The molecule has 0 N–H and O–H groups in total. The van der Waals surface area contributed by atoms with Crippen LogP contribution in [-0.4, -0.2) is 17.9 Å². The third kappa shape index (κ3) is 2.82. The molecule has 0 spiro atoms. The third-order valence-electron chi connectivity index (χ3n) is 2.98. The average Bonchev–Trinajstić information content (AvgIpc) is 2.07. The SMILES string of the molecule is CC(=O)O[C@@H]1CCC(C(C)=O)C[C@H]1C. The fraction of sp³-hybridized carbons (Fsp3) is 0.818. The third-order valence-corrected chi connectivity index (χ3v) is 2.98.